The molecule has 0 aliphatic carbocycles. The maximum atomic E-state index is 12.6. The van der Waals surface area contributed by atoms with E-state index in [4.69, 9.17) is 16.3 Å². The van der Waals surface area contributed by atoms with E-state index in [2.05, 4.69) is 19.7 Å². The molecule has 0 atom stereocenters. The van der Waals surface area contributed by atoms with Crippen LogP contribution in [0.3, 0.4) is 0 Å². The van der Waals surface area contributed by atoms with Crippen molar-refractivity contribution in [3.8, 4) is 17.4 Å². The van der Waals surface area contributed by atoms with E-state index in [0.717, 1.165) is 60.5 Å². The van der Waals surface area contributed by atoms with Gasteiger partial charge in [0.05, 0.1) is 22.0 Å². The number of aromatic nitrogens is 3. The van der Waals surface area contributed by atoms with Gasteiger partial charge >= 0.3 is 6.18 Å². The Labute approximate surface area is 229 Å². The van der Waals surface area contributed by atoms with E-state index in [9.17, 15) is 18.0 Å². The fraction of sp³-hybridized carbons (Fsp3) is 0.241. The average Bonchev–Trinajstić information content (AvgIpc) is 2.92. The van der Waals surface area contributed by atoms with E-state index in [-0.39, 0.29) is 5.88 Å². The number of hydrogen-bond donors (Lipinski definition) is 0. The van der Waals surface area contributed by atoms with Crippen LogP contribution in [0.2, 0.25) is 5.02 Å². The minimum absolute atomic E-state index is 0.107. The van der Waals surface area contributed by atoms with Crippen molar-refractivity contribution in [1.29, 1.82) is 0 Å². The lowest BCUT2D eigenvalue weighted by molar-refractivity contribution is -0.137. The molecule has 0 bridgehead atoms. The molecule has 2 aromatic carbocycles. The fourth-order valence-electron chi connectivity index (χ4n) is 3.45. The van der Waals surface area contributed by atoms with E-state index in [1.54, 1.807) is 30.6 Å². The van der Waals surface area contributed by atoms with Crippen molar-refractivity contribution >= 4 is 18.1 Å². The zero-order valence-electron chi connectivity index (χ0n) is 21.4. The molecule has 0 fully saturated rings. The van der Waals surface area contributed by atoms with Crippen LogP contribution in [0.5, 0.6) is 17.4 Å². The molecule has 204 valence electrons. The van der Waals surface area contributed by atoms with Gasteiger partial charge in [-0.2, -0.15) is 13.2 Å². The zero-order chi connectivity index (χ0) is 28.3. The molecule has 2 aromatic heterocycles. The first-order chi connectivity index (χ1) is 18.7. The molecule has 0 amide bonds. The molecule has 0 aliphatic rings. The summed E-state index contributed by atoms with van der Waals surface area (Å²) >= 11 is 6.31. The Kier molecular flexibility index (Phi) is 10.8. The molecule has 0 spiro atoms. The molecule has 4 rings (SSSR count). The number of halogens is 4. The van der Waals surface area contributed by atoms with Gasteiger partial charge in [-0.15, -0.1) is 0 Å². The minimum Gasteiger partial charge on any atom is -0.439 e. The standard InChI is InChI=1S/C21H19ClF3N3O.C8H8O2/c1-2-17-20(22)18(28-13-27-17)5-3-4-14-6-9-16(10-7-14)29-19-11-8-15(12-26-19)21(23,24)25;1-7-2-4-8(5-3-7)10-6-9/h6-13H,2-5H2,1H3;2-6H,1H3. The minimum atomic E-state index is -4.42. The van der Waals surface area contributed by atoms with Gasteiger partial charge in [0.15, 0.2) is 0 Å². The Hall–Kier alpha value is -3.98. The third-order valence-electron chi connectivity index (χ3n) is 5.56. The molecule has 4 aromatic rings. The number of aryl methyl sites for hydroxylation is 4. The van der Waals surface area contributed by atoms with E-state index >= 15 is 0 Å². The molecule has 6 nitrogen and oxygen atoms in total. The molecule has 0 saturated heterocycles. The molecule has 0 N–H and O–H groups in total. The summed E-state index contributed by atoms with van der Waals surface area (Å²) in [6, 6.07) is 16.8. The quantitative estimate of drug-likeness (QED) is 0.197. The summed E-state index contributed by atoms with van der Waals surface area (Å²) < 4.78 is 47.8. The van der Waals surface area contributed by atoms with Crippen LogP contribution in [0.1, 0.15) is 41.4 Å². The average molecular weight is 558 g/mol. The third-order valence-corrected chi connectivity index (χ3v) is 6.00. The van der Waals surface area contributed by atoms with Gasteiger partial charge in [0.25, 0.3) is 6.47 Å². The molecule has 2 heterocycles. The lowest BCUT2D eigenvalue weighted by atomic mass is 10.1. The number of carbonyl (C=O) groups excluding carboxylic acids is 1. The monoisotopic (exact) mass is 557 g/mol. The van der Waals surface area contributed by atoms with Crippen LogP contribution in [-0.4, -0.2) is 21.4 Å². The van der Waals surface area contributed by atoms with Crippen LogP contribution < -0.4 is 9.47 Å². The second-order valence-electron chi connectivity index (χ2n) is 8.44. The Morgan fingerprint density at radius 1 is 0.872 bits per heavy atom. The van der Waals surface area contributed by atoms with Gasteiger partial charge in [0.1, 0.15) is 17.8 Å². The van der Waals surface area contributed by atoms with Gasteiger partial charge in [-0.25, -0.2) is 15.0 Å². The van der Waals surface area contributed by atoms with Crippen LogP contribution in [0, 0.1) is 6.92 Å². The Morgan fingerprint density at radius 3 is 2.13 bits per heavy atom. The maximum absolute atomic E-state index is 12.6. The van der Waals surface area contributed by atoms with Gasteiger partial charge in [0.2, 0.25) is 5.88 Å². The molecule has 0 radical (unpaired) electrons. The molecule has 39 heavy (non-hydrogen) atoms. The van der Waals surface area contributed by atoms with Crippen molar-refractivity contribution in [3.63, 3.8) is 0 Å². The molecular weight excluding hydrogens is 531 g/mol. The lowest BCUT2D eigenvalue weighted by Gasteiger charge is -2.09. The largest absolute Gasteiger partial charge is 0.439 e. The summed E-state index contributed by atoms with van der Waals surface area (Å²) in [7, 11) is 0. The number of alkyl halides is 3. The summed E-state index contributed by atoms with van der Waals surface area (Å²) in [5.41, 5.74) is 3.16. The highest BCUT2D eigenvalue weighted by molar-refractivity contribution is 6.31. The first-order valence-electron chi connectivity index (χ1n) is 12.1. The van der Waals surface area contributed by atoms with E-state index in [0.29, 0.717) is 23.0 Å². The highest BCUT2D eigenvalue weighted by Crippen LogP contribution is 2.30. The molecule has 0 unspecified atom stereocenters. The van der Waals surface area contributed by atoms with Crippen molar-refractivity contribution in [2.45, 2.75) is 45.7 Å². The van der Waals surface area contributed by atoms with Gasteiger partial charge in [-0.3, -0.25) is 4.79 Å². The predicted octanol–water partition coefficient (Wildman–Crippen LogP) is 7.60. The van der Waals surface area contributed by atoms with E-state index in [1.807, 2.05) is 38.1 Å². The van der Waals surface area contributed by atoms with Gasteiger partial charge in [-0.1, -0.05) is 48.4 Å². The zero-order valence-corrected chi connectivity index (χ0v) is 22.2. The van der Waals surface area contributed by atoms with Crippen LogP contribution in [-0.2, 0) is 30.2 Å². The van der Waals surface area contributed by atoms with Gasteiger partial charge < -0.3 is 9.47 Å². The number of benzene rings is 2. The molecule has 0 aliphatic heterocycles. The van der Waals surface area contributed by atoms with Crippen LogP contribution in [0.25, 0.3) is 0 Å². The summed E-state index contributed by atoms with van der Waals surface area (Å²) in [5, 5.41) is 0.641. The predicted molar refractivity (Wildman–Crippen MR) is 142 cm³/mol. The molecular formula is C29H27ClF3N3O3. The van der Waals surface area contributed by atoms with Crippen LogP contribution >= 0.6 is 11.6 Å². The van der Waals surface area contributed by atoms with Crippen molar-refractivity contribution in [1.82, 2.24) is 15.0 Å². The maximum Gasteiger partial charge on any atom is 0.417 e. The Balaban J connectivity index is 0.000000353. The highest BCUT2D eigenvalue weighted by Gasteiger charge is 2.30. The Bertz CT molecular complexity index is 1330. The number of rotatable bonds is 9. The summed E-state index contributed by atoms with van der Waals surface area (Å²) in [4.78, 5) is 22.0. The number of nitrogens with zero attached hydrogens (tertiary/aromatic N) is 3. The van der Waals surface area contributed by atoms with Gasteiger partial charge in [0, 0.05) is 12.3 Å². The number of hydrogen-bond acceptors (Lipinski definition) is 6. The third kappa shape index (κ3) is 9.37. The number of ether oxygens (including phenoxy) is 2. The van der Waals surface area contributed by atoms with Crippen LogP contribution in [0.15, 0.2) is 73.2 Å². The molecule has 10 heteroatoms. The smallest absolute Gasteiger partial charge is 0.417 e. The second kappa shape index (κ2) is 14.2. The first-order valence-corrected chi connectivity index (χ1v) is 12.5. The second-order valence-corrected chi connectivity index (χ2v) is 8.82. The fourth-order valence-corrected chi connectivity index (χ4v) is 3.78. The van der Waals surface area contributed by atoms with E-state index in [1.165, 1.54) is 6.07 Å². The van der Waals surface area contributed by atoms with Crippen LogP contribution in [0.4, 0.5) is 13.2 Å². The van der Waals surface area contributed by atoms with Gasteiger partial charge in [-0.05, 0) is 68.5 Å². The Morgan fingerprint density at radius 2 is 1.54 bits per heavy atom. The van der Waals surface area contributed by atoms with Crippen molar-refractivity contribution < 1.29 is 27.4 Å². The normalized spacial score (nSPS) is 10.8. The highest BCUT2D eigenvalue weighted by atomic mass is 35.5. The summed E-state index contributed by atoms with van der Waals surface area (Å²) in [6.07, 6.45) is 1.11. The topological polar surface area (TPSA) is 74.2 Å². The SMILES string of the molecule is CCc1ncnc(CCCc2ccc(Oc3ccc(C(F)(F)F)cn3)cc2)c1Cl.Cc1ccc(OC=O)cc1. The number of pyridine rings is 1. The van der Waals surface area contributed by atoms with Crippen molar-refractivity contribution in [2.75, 3.05) is 0 Å². The number of carbonyl (C=O) groups is 1. The van der Waals surface area contributed by atoms with E-state index < -0.39 is 11.7 Å². The lowest BCUT2D eigenvalue weighted by Crippen LogP contribution is -2.05. The summed E-state index contributed by atoms with van der Waals surface area (Å²) in [5.74, 6) is 1.20. The summed E-state index contributed by atoms with van der Waals surface area (Å²) in [6.45, 7) is 4.40. The van der Waals surface area contributed by atoms with Crippen molar-refractivity contribution in [2.24, 2.45) is 0 Å². The van der Waals surface area contributed by atoms with Crippen molar-refractivity contribution in [3.05, 3.63) is 106 Å². The molecule has 0 saturated carbocycles. The first kappa shape index (κ1) is 29.6.